The van der Waals surface area contributed by atoms with Crippen molar-refractivity contribution in [3.05, 3.63) is 11.4 Å². The Balaban J connectivity index is 3.37. The Kier molecular flexibility index (Phi) is 2.52. The van der Waals surface area contributed by atoms with Crippen molar-refractivity contribution >= 4 is 16.7 Å². The van der Waals surface area contributed by atoms with Crippen LogP contribution in [-0.4, -0.2) is 17.0 Å². The van der Waals surface area contributed by atoms with Crippen molar-refractivity contribution in [2.45, 2.75) is 19.6 Å². The van der Waals surface area contributed by atoms with Gasteiger partial charge in [0.1, 0.15) is 20.6 Å². The molecule has 0 N–H and O–H groups in total. The van der Waals surface area contributed by atoms with E-state index in [0.29, 0.717) is 5.69 Å². The van der Waals surface area contributed by atoms with Crippen LogP contribution >= 0.6 is 8.51 Å². The molecule has 0 aliphatic heterocycles. The minimum absolute atomic E-state index is 0.270. The van der Waals surface area contributed by atoms with Gasteiger partial charge in [-0.15, -0.1) is 0 Å². The molecule has 0 fully saturated rings. The van der Waals surface area contributed by atoms with Gasteiger partial charge < -0.3 is 4.00 Å². The van der Waals surface area contributed by atoms with Gasteiger partial charge in [-0.3, -0.25) is 0 Å². The van der Waals surface area contributed by atoms with E-state index in [1.165, 1.54) is 0 Å². The van der Waals surface area contributed by atoms with Gasteiger partial charge >= 0.3 is 0 Å². The van der Waals surface area contributed by atoms with Gasteiger partial charge in [0, 0.05) is 0 Å². The second-order valence-electron chi connectivity index (χ2n) is 3.59. The second-order valence-corrected chi connectivity index (χ2v) is 9.54. The highest BCUT2D eigenvalue weighted by Gasteiger charge is 2.23. The first-order valence-corrected chi connectivity index (χ1v) is 8.02. The van der Waals surface area contributed by atoms with Crippen LogP contribution in [0.3, 0.4) is 0 Å². The average Bonchev–Trinajstić information content (AvgIpc) is 2.45. The molecule has 6 heteroatoms. The average molecular weight is 208 g/mol. The molecule has 0 aliphatic rings. The fourth-order valence-electron chi connectivity index (χ4n) is 0.927. The van der Waals surface area contributed by atoms with Crippen LogP contribution in [0.2, 0.25) is 19.6 Å². The molecule has 1 aromatic heterocycles. The summed E-state index contributed by atoms with van der Waals surface area (Å²) in [6.07, 6.45) is 0. The molecule has 0 radical (unpaired) electrons. The van der Waals surface area contributed by atoms with Crippen molar-refractivity contribution in [1.29, 1.82) is 10.5 Å². The van der Waals surface area contributed by atoms with Gasteiger partial charge in [-0.2, -0.15) is 15.3 Å². The predicted molar refractivity (Wildman–Crippen MR) is 52.9 cm³/mol. The zero-order chi connectivity index (χ0) is 10.1. The van der Waals surface area contributed by atoms with Crippen molar-refractivity contribution in [2.24, 2.45) is 0 Å². The van der Waals surface area contributed by atoms with Gasteiger partial charge in [-0.1, -0.05) is 19.6 Å². The van der Waals surface area contributed by atoms with Gasteiger partial charge in [0.15, 0.2) is 19.6 Å². The molecule has 4 nitrogen and oxygen atoms in total. The van der Waals surface area contributed by atoms with Gasteiger partial charge in [-0.05, 0) is 0 Å². The zero-order valence-corrected chi connectivity index (χ0v) is 9.63. The lowest BCUT2D eigenvalue weighted by molar-refractivity contribution is 1.21. The third-order valence-corrected chi connectivity index (χ3v) is 5.75. The van der Waals surface area contributed by atoms with Gasteiger partial charge in [-0.25, -0.2) is 0 Å². The summed E-state index contributed by atoms with van der Waals surface area (Å²) in [6, 6.07) is 3.97. The van der Waals surface area contributed by atoms with E-state index in [9.17, 15) is 0 Å². The number of hydrogen-bond donors (Lipinski definition) is 0. The van der Waals surface area contributed by atoms with E-state index in [-0.39, 0.29) is 5.69 Å². The molecule has 0 saturated heterocycles. The van der Waals surface area contributed by atoms with E-state index in [1.807, 2.05) is 16.1 Å². The SMILES string of the molecule is C[Si](C)(C)n1pnc(C#N)c1C#N. The summed E-state index contributed by atoms with van der Waals surface area (Å²) in [4.78, 5) is 0. The van der Waals surface area contributed by atoms with Crippen molar-refractivity contribution in [3.8, 4) is 12.1 Å². The number of nitriles is 2. The maximum absolute atomic E-state index is 8.86. The van der Waals surface area contributed by atoms with E-state index < -0.39 is 8.24 Å². The molecule has 0 aliphatic carbocycles. The first-order chi connectivity index (χ1) is 6.00. The predicted octanol–water partition coefficient (Wildman–Crippen LogP) is 1.89. The molecular formula is C7H9N4PSi. The summed E-state index contributed by atoms with van der Waals surface area (Å²) < 4.78 is 5.92. The Morgan fingerprint density at radius 3 is 2.31 bits per heavy atom. The molecule has 0 bridgehead atoms. The molecule has 0 amide bonds. The maximum atomic E-state index is 8.86. The highest BCUT2D eigenvalue weighted by molar-refractivity contribution is 7.25. The molecule has 0 saturated carbocycles. The van der Waals surface area contributed by atoms with E-state index >= 15 is 0 Å². The third-order valence-electron chi connectivity index (χ3n) is 1.52. The van der Waals surface area contributed by atoms with Crippen LogP contribution in [0.15, 0.2) is 0 Å². The molecule has 1 aromatic rings. The van der Waals surface area contributed by atoms with E-state index in [0.717, 1.165) is 8.51 Å². The van der Waals surface area contributed by atoms with Crippen molar-refractivity contribution in [3.63, 3.8) is 0 Å². The summed E-state index contributed by atoms with van der Waals surface area (Å²) in [5.74, 6) is 0. The second kappa shape index (κ2) is 3.30. The molecular weight excluding hydrogens is 199 g/mol. The Morgan fingerprint density at radius 1 is 1.31 bits per heavy atom. The Morgan fingerprint density at radius 2 is 1.92 bits per heavy atom. The van der Waals surface area contributed by atoms with Crippen molar-refractivity contribution in [2.75, 3.05) is 0 Å². The monoisotopic (exact) mass is 208 g/mol. The molecule has 66 valence electrons. The summed E-state index contributed by atoms with van der Waals surface area (Å²) >= 11 is 0. The Labute approximate surface area is 79.8 Å². The Hall–Kier alpha value is -1.16. The molecule has 0 aromatic carbocycles. The summed E-state index contributed by atoms with van der Waals surface area (Å²) in [6.45, 7) is 6.35. The molecule has 0 unspecified atom stereocenters. The van der Waals surface area contributed by atoms with Crippen LogP contribution in [-0.2, 0) is 0 Å². The molecule has 1 heterocycles. The van der Waals surface area contributed by atoms with Crippen LogP contribution in [0.1, 0.15) is 11.4 Å². The standard InChI is InChI=1S/C7H9N4PSi/c1-13(2,3)11-7(5-9)6(4-8)10-12-11/h1-3H3. The lowest BCUT2D eigenvalue weighted by atomic mass is 10.4. The maximum Gasteiger partial charge on any atom is 0.180 e. The number of nitrogens with zero attached hydrogens (tertiary/aromatic N) is 4. The van der Waals surface area contributed by atoms with E-state index in [2.05, 4.69) is 24.4 Å². The highest BCUT2D eigenvalue weighted by Crippen LogP contribution is 2.19. The highest BCUT2D eigenvalue weighted by atomic mass is 31.1. The summed E-state index contributed by atoms with van der Waals surface area (Å²) in [7, 11) is -0.849. The summed E-state index contributed by atoms with van der Waals surface area (Å²) in [5, 5.41) is 17.5. The third kappa shape index (κ3) is 1.77. The topological polar surface area (TPSA) is 65.4 Å². The minimum atomic E-state index is -1.57. The fraction of sp³-hybridized carbons (Fsp3) is 0.429. The molecule has 1 rings (SSSR count). The largest absolute Gasteiger partial charge is 0.326 e. The first-order valence-electron chi connectivity index (χ1n) is 3.77. The van der Waals surface area contributed by atoms with Gasteiger partial charge in [0.05, 0.1) is 0 Å². The number of rotatable bonds is 1. The zero-order valence-electron chi connectivity index (χ0n) is 7.74. The quantitative estimate of drug-likeness (QED) is 0.662. The molecule has 0 atom stereocenters. The van der Waals surface area contributed by atoms with E-state index in [1.54, 1.807) is 0 Å². The lowest BCUT2D eigenvalue weighted by Gasteiger charge is -2.17. The van der Waals surface area contributed by atoms with Crippen LogP contribution in [0, 0.1) is 22.7 Å². The Bertz CT molecular complexity index is 404. The minimum Gasteiger partial charge on any atom is -0.326 e. The van der Waals surface area contributed by atoms with Crippen molar-refractivity contribution < 1.29 is 0 Å². The number of aromatic nitrogens is 2. The molecule has 13 heavy (non-hydrogen) atoms. The first kappa shape index (κ1) is 9.92. The van der Waals surface area contributed by atoms with E-state index in [4.69, 9.17) is 10.5 Å². The van der Waals surface area contributed by atoms with Gasteiger partial charge in [0.25, 0.3) is 0 Å². The van der Waals surface area contributed by atoms with Crippen LogP contribution in [0.25, 0.3) is 0 Å². The number of hydrogen-bond acceptors (Lipinski definition) is 3. The lowest BCUT2D eigenvalue weighted by Crippen LogP contribution is -2.30. The van der Waals surface area contributed by atoms with Gasteiger partial charge in [0.2, 0.25) is 0 Å². The van der Waals surface area contributed by atoms with Crippen LogP contribution in [0.5, 0.6) is 0 Å². The van der Waals surface area contributed by atoms with Crippen LogP contribution < -0.4 is 0 Å². The molecule has 0 spiro atoms. The normalized spacial score (nSPS) is 11.2. The summed E-state index contributed by atoms with van der Waals surface area (Å²) in [5.41, 5.74) is 0.704. The fourth-order valence-corrected chi connectivity index (χ4v) is 3.51. The van der Waals surface area contributed by atoms with Crippen molar-refractivity contribution in [1.82, 2.24) is 8.74 Å². The van der Waals surface area contributed by atoms with Crippen LogP contribution in [0.4, 0.5) is 0 Å². The smallest absolute Gasteiger partial charge is 0.180 e.